The molecule has 4 heteroatoms. The molecule has 0 aliphatic carbocycles. The molecule has 0 spiro atoms. The van der Waals surface area contributed by atoms with Crippen LogP contribution < -0.4 is 5.73 Å². The Bertz CT molecular complexity index is 548. The van der Waals surface area contributed by atoms with Gasteiger partial charge in [-0.25, -0.2) is 4.98 Å². The van der Waals surface area contributed by atoms with E-state index in [1.807, 2.05) is 18.2 Å². The molecular weight excluding hydrogens is 258 g/mol. The fourth-order valence-electron chi connectivity index (χ4n) is 2.40. The van der Waals surface area contributed by atoms with Crippen LogP contribution in [-0.4, -0.2) is 9.55 Å². The minimum atomic E-state index is 0.00744. The molecule has 2 N–H and O–H groups in total. The van der Waals surface area contributed by atoms with Gasteiger partial charge in [-0.2, -0.15) is 0 Å². The number of hydrogen-bond donors (Lipinski definition) is 1. The molecule has 1 aromatic heterocycles. The maximum Gasteiger partial charge on any atom is 0.126 e. The van der Waals surface area contributed by atoms with Crippen LogP contribution in [0.15, 0.2) is 18.2 Å². The predicted octanol–water partition coefficient (Wildman–Crippen LogP) is 4.29. The van der Waals surface area contributed by atoms with Gasteiger partial charge in [-0.3, -0.25) is 0 Å². The lowest BCUT2D eigenvalue weighted by atomic mass is 10.1. The number of rotatable bonds is 6. The number of aromatic nitrogens is 2. The molecule has 0 radical (unpaired) electrons. The van der Waals surface area contributed by atoms with Gasteiger partial charge in [0.25, 0.3) is 0 Å². The van der Waals surface area contributed by atoms with Gasteiger partial charge in [0, 0.05) is 11.6 Å². The van der Waals surface area contributed by atoms with Crippen LogP contribution in [0.4, 0.5) is 0 Å². The Morgan fingerprint density at radius 3 is 2.79 bits per heavy atom. The second-order valence-corrected chi connectivity index (χ2v) is 5.44. The monoisotopic (exact) mass is 279 g/mol. The van der Waals surface area contributed by atoms with Gasteiger partial charge < -0.3 is 10.3 Å². The molecule has 0 aliphatic rings. The van der Waals surface area contributed by atoms with Crippen LogP contribution in [0.3, 0.4) is 0 Å². The van der Waals surface area contributed by atoms with Crippen LogP contribution in [0, 0.1) is 0 Å². The summed E-state index contributed by atoms with van der Waals surface area (Å²) < 4.78 is 2.26. The Hall–Kier alpha value is -1.06. The van der Waals surface area contributed by atoms with Gasteiger partial charge in [0.15, 0.2) is 0 Å². The molecule has 3 nitrogen and oxygen atoms in total. The van der Waals surface area contributed by atoms with E-state index in [2.05, 4.69) is 18.4 Å². The summed E-state index contributed by atoms with van der Waals surface area (Å²) in [5, 5.41) is 0.725. The second kappa shape index (κ2) is 6.40. The second-order valence-electron chi connectivity index (χ2n) is 5.00. The van der Waals surface area contributed by atoms with Gasteiger partial charge in [0.2, 0.25) is 0 Å². The number of aryl methyl sites for hydroxylation is 1. The van der Waals surface area contributed by atoms with E-state index in [1.165, 1.54) is 0 Å². The summed E-state index contributed by atoms with van der Waals surface area (Å²) in [5.74, 6) is 0.993. The molecule has 19 heavy (non-hydrogen) atoms. The van der Waals surface area contributed by atoms with Crippen LogP contribution in [-0.2, 0) is 6.54 Å². The zero-order valence-electron chi connectivity index (χ0n) is 11.7. The number of imidazole rings is 1. The fourth-order valence-corrected chi connectivity index (χ4v) is 2.56. The molecule has 0 saturated heterocycles. The van der Waals surface area contributed by atoms with Crippen molar-refractivity contribution >= 4 is 22.6 Å². The summed E-state index contributed by atoms with van der Waals surface area (Å²) in [5.41, 5.74) is 8.35. The van der Waals surface area contributed by atoms with Crippen LogP contribution in [0.2, 0.25) is 5.02 Å². The highest BCUT2D eigenvalue weighted by atomic mass is 35.5. The van der Waals surface area contributed by atoms with Gasteiger partial charge in [0.05, 0.1) is 17.1 Å². The van der Waals surface area contributed by atoms with Gasteiger partial charge in [0.1, 0.15) is 5.82 Å². The first-order valence-electron chi connectivity index (χ1n) is 7.08. The zero-order valence-corrected chi connectivity index (χ0v) is 12.5. The van der Waals surface area contributed by atoms with E-state index in [9.17, 15) is 0 Å². The van der Waals surface area contributed by atoms with Gasteiger partial charge in [-0.05, 0) is 31.0 Å². The number of benzene rings is 1. The summed E-state index contributed by atoms with van der Waals surface area (Å²) in [7, 11) is 0. The van der Waals surface area contributed by atoms with Crippen molar-refractivity contribution in [3.63, 3.8) is 0 Å². The Balaban J connectivity index is 2.47. The lowest BCUT2D eigenvalue weighted by molar-refractivity contribution is 0.541. The van der Waals surface area contributed by atoms with Gasteiger partial charge >= 0.3 is 0 Å². The molecule has 104 valence electrons. The summed E-state index contributed by atoms with van der Waals surface area (Å²) >= 11 is 6.04. The Kier molecular flexibility index (Phi) is 4.83. The van der Waals surface area contributed by atoms with E-state index in [1.54, 1.807) is 0 Å². The highest BCUT2D eigenvalue weighted by Gasteiger charge is 2.16. The lowest BCUT2D eigenvalue weighted by Crippen LogP contribution is -2.16. The van der Waals surface area contributed by atoms with E-state index >= 15 is 0 Å². The normalized spacial score (nSPS) is 13.1. The number of fused-ring (bicyclic) bond motifs is 1. The Labute approximate surface area is 119 Å². The lowest BCUT2D eigenvalue weighted by Gasteiger charge is -2.13. The van der Waals surface area contributed by atoms with Crippen molar-refractivity contribution in [1.29, 1.82) is 0 Å². The fraction of sp³-hybridized carbons (Fsp3) is 0.533. The third-order valence-electron chi connectivity index (χ3n) is 3.41. The molecule has 0 fully saturated rings. The number of unbranched alkanes of at least 4 members (excludes halogenated alkanes) is 1. The van der Waals surface area contributed by atoms with Crippen molar-refractivity contribution in [2.45, 2.75) is 52.1 Å². The third kappa shape index (κ3) is 3.10. The van der Waals surface area contributed by atoms with E-state index in [-0.39, 0.29) is 6.04 Å². The van der Waals surface area contributed by atoms with E-state index < -0.39 is 0 Å². The summed E-state index contributed by atoms with van der Waals surface area (Å²) in [6.07, 6.45) is 4.33. The number of nitrogens with zero attached hydrogens (tertiary/aromatic N) is 2. The molecule has 0 amide bonds. The number of hydrogen-bond acceptors (Lipinski definition) is 2. The standard InChI is InChI=1S/C15H22ClN3/c1-3-5-9-19-14-8-7-11(16)10-13(14)18-15(19)12(17)6-4-2/h7-8,10,12H,3-6,9,17H2,1-2H3. The highest BCUT2D eigenvalue weighted by molar-refractivity contribution is 6.31. The third-order valence-corrected chi connectivity index (χ3v) is 3.64. The van der Waals surface area contributed by atoms with E-state index in [4.69, 9.17) is 22.3 Å². The van der Waals surface area contributed by atoms with Crippen molar-refractivity contribution in [3.8, 4) is 0 Å². The topological polar surface area (TPSA) is 43.8 Å². The maximum absolute atomic E-state index is 6.26. The molecule has 1 aromatic carbocycles. The zero-order chi connectivity index (χ0) is 13.8. The van der Waals surface area contributed by atoms with Gasteiger partial charge in [-0.1, -0.05) is 38.3 Å². The maximum atomic E-state index is 6.26. The number of halogens is 1. The molecule has 2 rings (SSSR count). The summed E-state index contributed by atoms with van der Waals surface area (Å²) in [6.45, 7) is 5.32. The molecule has 2 aromatic rings. The highest BCUT2D eigenvalue weighted by Crippen LogP contribution is 2.25. The van der Waals surface area contributed by atoms with Crippen molar-refractivity contribution in [2.24, 2.45) is 5.73 Å². The number of nitrogens with two attached hydrogens (primary N) is 1. The van der Waals surface area contributed by atoms with Crippen molar-refractivity contribution < 1.29 is 0 Å². The molecule has 0 bridgehead atoms. The van der Waals surface area contributed by atoms with Crippen LogP contribution in [0.1, 0.15) is 51.4 Å². The first kappa shape index (κ1) is 14.4. The largest absolute Gasteiger partial charge is 0.327 e. The van der Waals surface area contributed by atoms with Crippen molar-refractivity contribution in [1.82, 2.24) is 9.55 Å². The average Bonchev–Trinajstić information content (AvgIpc) is 2.74. The van der Waals surface area contributed by atoms with Crippen LogP contribution >= 0.6 is 11.6 Å². The molecular formula is C15H22ClN3. The average molecular weight is 280 g/mol. The SMILES string of the molecule is CCCCn1c(C(N)CCC)nc2cc(Cl)ccc21. The summed E-state index contributed by atoms with van der Waals surface area (Å²) in [6, 6.07) is 5.89. The minimum Gasteiger partial charge on any atom is -0.327 e. The van der Waals surface area contributed by atoms with Gasteiger partial charge in [-0.15, -0.1) is 0 Å². The predicted molar refractivity (Wildman–Crippen MR) is 81.5 cm³/mol. The Morgan fingerprint density at radius 2 is 2.11 bits per heavy atom. The molecule has 0 aliphatic heterocycles. The first-order valence-corrected chi connectivity index (χ1v) is 7.46. The molecule has 1 unspecified atom stereocenters. The van der Waals surface area contributed by atoms with Crippen LogP contribution in [0.5, 0.6) is 0 Å². The minimum absolute atomic E-state index is 0.00744. The molecule has 1 heterocycles. The summed E-state index contributed by atoms with van der Waals surface area (Å²) in [4.78, 5) is 4.70. The smallest absolute Gasteiger partial charge is 0.126 e. The van der Waals surface area contributed by atoms with E-state index in [0.717, 1.165) is 54.1 Å². The van der Waals surface area contributed by atoms with Crippen LogP contribution in [0.25, 0.3) is 11.0 Å². The molecule has 0 saturated carbocycles. The quantitative estimate of drug-likeness (QED) is 0.857. The van der Waals surface area contributed by atoms with Crippen molar-refractivity contribution in [3.05, 3.63) is 29.0 Å². The Morgan fingerprint density at radius 1 is 1.32 bits per heavy atom. The molecule has 1 atom stereocenters. The van der Waals surface area contributed by atoms with Crippen molar-refractivity contribution in [2.75, 3.05) is 0 Å². The van der Waals surface area contributed by atoms with E-state index in [0.29, 0.717) is 0 Å². The first-order chi connectivity index (χ1) is 9.17.